The van der Waals surface area contributed by atoms with E-state index in [1.54, 1.807) is 12.1 Å². The highest BCUT2D eigenvalue weighted by molar-refractivity contribution is 9.10. The number of fused-ring (bicyclic) bond motifs is 1. The largest absolute Gasteiger partial charge is 0.391 e. The summed E-state index contributed by atoms with van der Waals surface area (Å²) in [6.45, 7) is 0. The number of carbonyl (C=O) groups is 2. The lowest BCUT2D eigenvalue weighted by Crippen LogP contribution is -2.34. The molecule has 1 fully saturated rings. The van der Waals surface area contributed by atoms with Crippen LogP contribution in [0.25, 0.3) is 0 Å². The number of hydrogen-bond acceptors (Lipinski definition) is 2. The van der Waals surface area contributed by atoms with Gasteiger partial charge in [0.05, 0.1) is 12.0 Å². The number of rotatable bonds is 3. The number of benzene rings is 2. The third-order valence-corrected chi connectivity index (χ3v) is 6.79. The van der Waals surface area contributed by atoms with Gasteiger partial charge in [-0.15, -0.1) is 0 Å². The van der Waals surface area contributed by atoms with Crippen molar-refractivity contribution in [3.63, 3.8) is 0 Å². The Kier molecular flexibility index (Phi) is 6.24. The van der Waals surface area contributed by atoms with Crippen LogP contribution < -0.4 is 10.6 Å². The number of halogens is 6. The molecule has 0 bridgehead atoms. The molecule has 1 heterocycles. The van der Waals surface area contributed by atoms with Gasteiger partial charge in [-0.3, -0.25) is 9.59 Å². The molecule has 3 atom stereocenters. The number of amides is 2. The van der Waals surface area contributed by atoms with E-state index >= 15 is 0 Å². The Bertz CT molecular complexity index is 1090. The van der Waals surface area contributed by atoms with Crippen molar-refractivity contribution in [1.29, 1.82) is 0 Å². The molecule has 32 heavy (non-hydrogen) atoms. The van der Waals surface area contributed by atoms with E-state index in [2.05, 4.69) is 26.6 Å². The van der Waals surface area contributed by atoms with Crippen molar-refractivity contribution < 1.29 is 27.2 Å². The van der Waals surface area contributed by atoms with Crippen LogP contribution in [0.1, 0.15) is 53.2 Å². The molecule has 2 aromatic carbocycles. The molecular formula is C22H18BrClF4N2O2. The van der Waals surface area contributed by atoms with Crippen LogP contribution in [0, 0.1) is 17.7 Å². The van der Waals surface area contributed by atoms with Crippen LogP contribution in [0.15, 0.2) is 34.8 Å². The Morgan fingerprint density at radius 3 is 2.66 bits per heavy atom. The number of anilines is 1. The Balaban J connectivity index is 1.67. The van der Waals surface area contributed by atoms with Gasteiger partial charge in [0.15, 0.2) is 0 Å². The molecule has 3 unspecified atom stereocenters. The molecule has 0 saturated heterocycles. The van der Waals surface area contributed by atoms with Gasteiger partial charge in [0.1, 0.15) is 5.82 Å². The minimum Gasteiger partial charge on any atom is -0.341 e. The molecule has 1 aliphatic heterocycles. The Labute approximate surface area is 194 Å². The summed E-state index contributed by atoms with van der Waals surface area (Å²) >= 11 is 9.54. The number of hydrogen-bond donors (Lipinski definition) is 2. The smallest absolute Gasteiger partial charge is 0.341 e. The maximum atomic E-state index is 13.9. The number of alkyl halides is 3. The first kappa shape index (κ1) is 23.0. The summed E-state index contributed by atoms with van der Waals surface area (Å²) in [5.41, 5.74) is 1.22. The van der Waals surface area contributed by atoms with Crippen molar-refractivity contribution in [2.45, 2.75) is 37.9 Å². The van der Waals surface area contributed by atoms with Gasteiger partial charge < -0.3 is 10.6 Å². The van der Waals surface area contributed by atoms with Gasteiger partial charge >= 0.3 is 6.18 Å². The molecule has 4 rings (SSSR count). The monoisotopic (exact) mass is 532 g/mol. The zero-order valence-corrected chi connectivity index (χ0v) is 18.9. The molecule has 2 aromatic rings. The first-order valence-corrected chi connectivity index (χ1v) is 11.2. The summed E-state index contributed by atoms with van der Waals surface area (Å²) in [7, 11) is 0. The van der Waals surface area contributed by atoms with Gasteiger partial charge in [-0.1, -0.05) is 34.0 Å². The summed E-state index contributed by atoms with van der Waals surface area (Å²) in [6.07, 6.45) is -3.95. The highest BCUT2D eigenvalue weighted by Gasteiger charge is 2.44. The highest BCUT2D eigenvalue weighted by Crippen LogP contribution is 2.43. The third-order valence-electron chi connectivity index (χ3n) is 5.99. The number of nitrogens with one attached hydrogen (secondary N) is 2. The Hall–Kier alpha value is -2.13. The van der Waals surface area contributed by atoms with Crippen LogP contribution >= 0.6 is 27.5 Å². The summed E-state index contributed by atoms with van der Waals surface area (Å²) in [6, 6.07) is 6.07. The van der Waals surface area contributed by atoms with Gasteiger partial charge in [-0.2, -0.15) is 13.2 Å². The first-order chi connectivity index (χ1) is 15.0. The molecule has 2 aliphatic rings. The van der Waals surface area contributed by atoms with Crippen LogP contribution in [-0.2, 0) is 4.79 Å². The summed E-state index contributed by atoms with van der Waals surface area (Å²) in [4.78, 5) is 25.5. The molecule has 0 spiro atoms. The van der Waals surface area contributed by atoms with E-state index in [0.717, 1.165) is 0 Å². The minimum absolute atomic E-state index is 0.0120. The van der Waals surface area contributed by atoms with Crippen LogP contribution in [0.2, 0.25) is 5.02 Å². The van der Waals surface area contributed by atoms with Crippen molar-refractivity contribution in [2.24, 2.45) is 11.8 Å². The van der Waals surface area contributed by atoms with E-state index in [-0.39, 0.29) is 29.1 Å². The quantitative estimate of drug-likeness (QED) is 0.450. The van der Waals surface area contributed by atoms with E-state index in [0.29, 0.717) is 28.4 Å². The fourth-order valence-electron chi connectivity index (χ4n) is 4.43. The van der Waals surface area contributed by atoms with E-state index < -0.39 is 41.7 Å². The van der Waals surface area contributed by atoms with Gasteiger partial charge in [0, 0.05) is 37.8 Å². The molecule has 170 valence electrons. The second-order valence-corrected chi connectivity index (χ2v) is 9.40. The molecule has 0 aromatic heterocycles. The Morgan fingerprint density at radius 2 is 1.94 bits per heavy atom. The lowest BCUT2D eigenvalue weighted by Gasteiger charge is -2.30. The number of carbonyl (C=O) groups excluding carboxylic acids is 2. The molecule has 1 saturated carbocycles. The summed E-state index contributed by atoms with van der Waals surface area (Å²) in [5, 5.41) is 5.68. The molecule has 2 N–H and O–H groups in total. The average Bonchev–Trinajstić information content (AvgIpc) is 3.05. The van der Waals surface area contributed by atoms with Gasteiger partial charge in [0.2, 0.25) is 5.91 Å². The van der Waals surface area contributed by atoms with Crippen molar-refractivity contribution in [3.05, 3.63) is 62.3 Å². The first-order valence-electron chi connectivity index (χ1n) is 10.0. The molecule has 0 radical (unpaired) electrons. The van der Waals surface area contributed by atoms with Crippen LogP contribution in [0.5, 0.6) is 0 Å². The maximum absolute atomic E-state index is 13.9. The standard InChI is InChI=1S/C22H18BrClF4N2O2/c23-12-7-15-18(19(30-21(15)32)14-9-13(25)4-5-16(14)24)17(8-12)29-20(31)10-2-1-3-11(6-10)22(26,27)28/h4-5,7-11,19H,1-3,6H2,(H,29,31)(H,30,32). The van der Waals surface area contributed by atoms with Gasteiger partial charge in [-0.05, 0) is 49.6 Å². The van der Waals surface area contributed by atoms with Crippen molar-refractivity contribution in [2.75, 3.05) is 5.32 Å². The van der Waals surface area contributed by atoms with Crippen molar-refractivity contribution in [1.82, 2.24) is 5.32 Å². The molecule has 10 heteroatoms. The second-order valence-electron chi connectivity index (χ2n) is 8.08. The van der Waals surface area contributed by atoms with E-state index in [4.69, 9.17) is 11.6 Å². The summed E-state index contributed by atoms with van der Waals surface area (Å²) in [5.74, 6) is -3.83. The zero-order chi connectivity index (χ0) is 23.2. The topological polar surface area (TPSA) is 58.2 Å². The van der Waals surface area contributed by atoms with Crippen LogP contribution in [0.4, 0.5) is 23.2 Å². The zero-order valence-electron chi connectivity index (χ0n) is 16.5. The van der Waals surface area contributed by atoms with E-state index in [9.17, 15) is 27.2 Å². The molecular weight excluding hydrogens is 516 g/mol. The minimum atomic E-state index is -4.34. The normalized spacial score (nSPS) is 22.9. The molecule has 4 nitrogen and oxygen atoms in total. The van der Waals surface area contributed by atoms with Crippen molar-refractivity contribution in [3.8, 4) is 0 Å². The fraction of sp³-hybridized carbons (Fsp3) is 0.364. The van der Waals surface area contributed by atoms with E-state index in [1.807, 2.05) is 0 Å². The van der Waals surface area contributed by atoms with Gasteiger partial charge in [-0.25, -0.2) is 4.39 Å². The Morgan fingerprint density at radius 1 is 1.19 bits per heavy atom. The predicted molar refractivity (Wildman–Crippen MR) is 115 cm³/mol. The predicted octanol–water partition coefficient (Wildman–Crippen LogP) is 6.38. The second kappa shape index (κ2) is 8.67. The van der Waals surface area contributed by atoms with E-state index in [1.165, 1.54) is 18.2 Å². The SMILES string of the molecule is O=C1NC(c2cc(F)ccc2Cl)c2c(NC(=O)C3CCCC(C(F)(F)F)C3)cc(Br)cc21. The lowest BCUT2D eigenvalue weighted by atomic mass is 9.80. The third kappa shape index (κ3) is 4.50. The maximum Gasteiger partial charge on any atom is 0.391 e. The lowest BCUT2D eigenvalue weighted by molar-refractivity contribution is -0.185. The highest BCUT2D eigenvalue weighted by atomic mass is 79.9. The summed E-state index contributed by atoms with van der Waals surface area (Å²) < 4.78 is 53.9. The fourth-order valence-corrected chi connectivity index (χ4v) is 5.11. The van der Waals surface area contributed by atoms with Gasteiger partial charge in [0.25, 0.3) is 5.91 Å². The van der Waals surface area contributed by atoms with Crippen LogP contribution in [-0.4, -0.2) is 18.0 Å². The average molecular weight is 534 g/mol. The molecule has 2 amide bonds. The molecule has 1 aliphatic carbocycles. The van der Waals surface area contributed by atoms with Crippen molar-refractivity contribution >= 4 is 45.0 Å². The van der Waals surface area contributed by atoms with Crippen LogP contribution in [0.3, 0.4) is 0 Å².